The van der Waals surface area contributed by atoms with Crippen LogP contribution in [0, 0.1) is 6.92 Å². The lowest BCUT2D eigenvalue weighted by atomic mass is 10.1. The Morgan fingerprint density at radius 2 is 1.86 bits per heavy atom. The molecule has 7 heteroatoms. The van der Waals surface area contributed by atoms with Crippen LogP contribution in [0.3, 0.4) is 0 Å². The molecule has 0 fully saturated rings. The molecule has 0 N–H and O–H groups in total. The first-order valence-corrected chi connectivity index (χ1v) is 10.4. The molecule has 3 aromatic rings. The predicted molar refractivity (Wildman–Crippen MR) is 109 cm³/mol. The molecule has 1 aromatic heterocycles. The minimum Gasteiger partial charge on any atom is -0.390 e. The van der Waals surface area contributed by atoms with Crippen LogP contribution in [0.4, 0.5) is 0 Å². The van der Waals surface area contributed by atoms with Crippen molar-refractivity contribution in [2.45, 2.75) is 31.3 Å². The second-order valence-corrected chi connectivity index (χ2v) is 7.96. The van der Waals surface area contributed by atoms with E-state index in [0.717, 1.165) is 22.0 Å². The van der Waals surface area contributed by atoms with Crippen LogP contribution in [0.1, 0.15) is 24.5 Å². The van der Waals surface area contributed by atoms with Gasteiger partial charge in [0.05, 0.1) is 16.6 Å². The molecule has 146 valence electrons. The second-order valence-electron chi connectivity index (χ2n) is 6.34. The summed E-state index contributed by atoms with van der Waals surface area (Å²) >= 11 is 0. The van der Waals surface area contributed by atoms with Gasteiger partial charge in [0.15, 0.2) is 6.10 Å². The van der Waals surface area contributed by atoms with E-state index in [1.807, 2.05) is 44.2 Å². The summed E-state index contributed by atoms with van der Waals surface area (Å²) in [4.78, 5) is 9.93. The maximum absolute atomic E-state index is 12.3. The molecule has 0 saturated heterocycles. The number of aryl methyl sites for hydroxylation is 1. The molecule has 0 bridgehead atoms. The molecule has 2 aromatic carbocycles. The number of hydrogen-bond donors (Lipinski definition) is 0. The van der Waals surface area contributed by atoms with Gasteiger partial charge in [-0.1, -0.05) is 54.0 Å². The lowest BCUT2D eigenvalue weighted by molar-refractivity contribution is 0.0246. The highest BCUT2D eigenvalue weighted by molar-refractivity contribution is 7.86. The summed E-state index contributed by atoms with van der Waals surface area (Å²) in [5.41, 5.74) is 2.62. The topological polar surface area (TPSA) is 77.9 Å². The number of rotatable bonds is 8. The number of hydrogen-bond acceptors (Lipinski definition) is 6. The van der Waals surface area contributed by atoms with E-state index in [1.165, 1.54) is 12.1 Å². The van der Waals surface area contributed by atoms with Crippen molar-refractivity contribution in [2.75, 3.05) is 6.61 Å². The van der Waals surface area contributed by atoms with Crippen molar-refractivity contribution in [3.8, 4) is 0 Å². The molecule has 0 amide bonds. The van der Waals surface area contributed by atoms with E-state index < -0.39 is 16.2 Å². The molecule has 3 rings (SSSR count). The van der Waals surface area contributed by atoms with E-state index in [0.29, 0.717) is 6.42 Å². The van der Waals surface area contributed by atoms with E-state index in [9.17, 15) is 8.42 Å². The van der Waals surface area contributed by atoms with Gasteiger partial charge in [0, 0.05) is 17.1 Å². The molecule has 0 radical (unpaired) electrons. The first-order chi connectivity index (χ1) is 13.5. The zero-order valence-corrected chi connectivity index (χ0v) is 16.6. The molecule has 0 aliphatic rings. The van der Waals surface area contributed by atoms with Crippen molar-refractivity contribution >= 4 is 27.2 Å². The molecule has 1 heterocycles. The van der Waals surface area contributed by atoms with Crippen LogP contribution in [0.25, 0.3) is 10.9 Å². The zero-order valence-electron chi connectivity index (χ0n) is 15.8. The fourth-order valence-corrected chi connectivity index (χ4v) is 3.50. The fraction of sp³-hybridized carbons (Fsp3) is 0.238. The largest absolute Gasteiger partial charge is 0.390 e. The van der Waals surface area contributed by atoms with Gasteiger partial charge in [-0.2, -0.15) is 8.42 Å². The van der Waals surface area contributed by atoms with Gasteiger partial charge in [0.25, 0.3) is 10.1 Å². The van der Waals surface area contributed by atoms with Crippen LogP contribution in [0.2, 0.25) is 0 Å². The monoisotopic (exact) mass is 398 g/mol. The summed E-state index contributed by atoms with van der Waals surface area (Å²) in [7, 11) is -3.83. The molecule has 0 aliphatic carbocycles. The Kier molecular flexibility index (Phi) is 6.38. The minimum atomic E-state index is -3.83. The molecule has 1 unspecified atom stereocenters. The van der Waals surface area contributed by atoms with E-state index >= 15 is 0 Å². The Hall–Kier alpha value is -2.77. The number of fused-ring (bicyclic) bond motifs is 1. The summed E-state index contributed by atoms with van der Waals surface area (Å²) in [5, 5.41) is 5.01. The third-order valence-electron chi connectivity index (χ3n) is 4.24. The summed E-state index contributed by atoms with van der Waals surface area (Å²) in [6.07, 6.45) is 3.36. The van der Waals surface area contributed by atoms with Crippen molar-refractivity contribution in [3.63, 3.8) is 0 Å². The van der Waals surface area contributed by atoms with E-state index in [-0.39, 0.29) is 11.5 Å². The summed E-state index contributed by atoms with van der Waals surface area (Å²) in [5.74, 6) is 0. The van der Waals surface area contributed by atoms with Crippen molar-refractivity contribution in [1.29, 1.82) is 0 Å². The predicted octanol–water partition coefficient (Wildman–Crippen LogP) is 4.08. The normalized spacial score (nSPS) is 13.1. The number of pyridine rings is 1. The van der Waals surface area contributed by atoms with Gasteiger partial charge in [-0.25, -0.2) is 0 Å². The number of benzene rings is 2. The van der Waals surface area contributed by atoms with Crippen molar-refractivity contribution in [3.05, 3.63) is 71.9 Å². The van der Waals surface area contributed by atoms with Gasteiger partial charge in [-0.15, -0.1) is 0 Å². The molecule has 28 heavy (non-hydrogen) atoms. The Morgan fingerprint density at radius 1 is 1.11 bits per heavy atom. The maximum Gasteiger partial charge on any atom is 0.297 e. The quantitative estimate of drug-likeness (QED) is 0.325. The Bertz CT molecular complexity index is 1060. The maximum atomic E-state index is 12.3. The third kappa shape index (κ3) is 4.94. The second kappa shape index (κ2) is 8.95. The van der Waals surface area contributed by atoms with Crippen LogP contribution in [-0.2, 0) is 19.1 Å². The van der Waals surface area contributed by atoms with Gasteiger partial charge in [0.2, 0.25) is 0 Å². The van der Waals surface area contributed by atoms with Crippen molar-refractivity contribution in [2.24, 2.45) is 5.16 Å². The Morgan fingerprint density at radius 3 is 2.61 bits per heavy atom. The van der Waals surface area contributed by atoms with Crippen LogP contribution in [0.5, 0.6) is 0 Å². The lowest BCUT2D eigenvalue weighted by Gasteiger charge is -2.13. The summed E-state index contributed by atoms with van der Waals surface area (Å²) in [6.45, 7) is 3.65. The van der Waals surface area contributed by atoms with Crippen molar-refractivity contribution < 1.29 is 17.4 Å². The molecular weight excluding hydrogens is 376 g/mol. The Labute approximate surface area is 164 Å². The average molecular weight is 398 g/mol. The van der Waals surface area contributed by atoms with Gasteiger partial charge in [0.1, 0.15) is 6.61 Å². The van der Waals surface area contributed by atoms with Gasteiger partial charge in [-0.3, -0.25) is 9.17 Å². The van der Waals surface area contributed by atoms with E-state index in [2.05, 4.69) is 10.1 Å². The van der Waals surface area contributed by atoms with Crippen molar-refractivity contribution in [1.82, 2.24) is 4.98 Å². The summed E-state index contributed by atoms with van der Waals surface area (Å²) < 4.78 is 29.7. The van der Waals surface area contributed by atoms with Crippen LogP contribution >= 0.6 is 0 Å². The van der Waals surface area contributed by atoms with Crippen LogP contribution < -0.4 is 0 Å². The first kappa shape index (κ1) is 20.0. The molecule has 6 nitrogen and oxygen atoms in total. The highest BCUT2D eigenvalue weighted by atomic mass is 32.2. The number of oxime groups is 1. The van der Waals surface area contributed by atoms with E-state index in [1.54, 1.807) is 24.5 Å². The standard InChI is InChI=1S/C21H22N2O4S/c1-3-19(15-26-28(24,25)20-11-9-16(2)10-12-20)27-23-14-18-7-4-6-17-8-5-13-22-21(17)18/h4-14,19H,3,15H2,1-2H3/b23-14+. The average Bonchev–Trinajstić information content (AvgIpc) is 2.71. The molecular formula is C21H22N2O4S. The Balaban J connectivity index is 1.63. The van der Waals surface area contributed by atoms with E-state index in [4.69, 9.17) is 9.02 Å². The zero-order chi connectivity index (χ0) is 20.0. The van der Waals surface area contributed by atoms with Crippen LogP contribution in [0.15, 0.2) is 70.8 Å². The van der Waals surface area contributed by atoms with Gasteiger partial charge < -0.3 is 4.84 Å². The minimum absolute atomic E-state index is 0.113. The number of aromatic nitrogens is 1. The smallest absolute Gasteiger partial charge is 0.297 e. The SMILES string of the molecule is CCC(COS(=O)(=O)c1ccc(C)cc1)O/N=C/c1cccc2cccnc12. The van der Waals surface area contributed by atoms with Gasteiger partial charge in [-0.05, 0) is 31.5 Å². The lowest BCUT2D eigenvalue weighted by Crippen LogP contribution is -2.20. The molecule has 1 atom stereocenters. The number of nitrogens with zero attached hydrogens (tertiary/aromatic N) is 2. The third-order valence-corrected chi connectivity index (χ3v) is 5.54. The van der Waals surface area contributed by atoms with Gasteiger partial charge >= 0.3 is 0 Å². The molecule has 0 aliphatic heterocycles. The fourth-order valence-electron chi connectivity index (χ4n) is 2.57. The molecule has 0 saturated carbocycles. The first-order valence-electron chi connectivity index (χ1n) is 8.98. The number of para-hydroxylation sites is 1. The molecule has 0 spiro atoms. The van der Waals surface area contributed by atoms with Crippen LogP contribution in [-0.4, -0.2) is 32.3 Å². The summed E-state index contributed by atoms with van der Waals surface area (Å²) in [6, 6.07) is 16.1. The highest BCUT2D eigenvalue weighted by Crippen LogP contribution is 2.16. The highest BCUT2D eigenvalue weighted by Gasteiger charge is 2.18.